The zero-order valence-corrected chi connectivity index (χ0v) is 13.8. The minimum absolute atomic E-state index is 0.108. The molecule has 10 heteroatoms. The summed E-state index contributed by atoms with van der Waals surface area (Å²) in [6.07, 6.45) is 1.29. The summed E-state index contributed by atoms with van der Waals surface area (Å²) >= 11 is 2.44. The van der Waals surface area contributed by atoms with E-state index in [2.05, 4.69) is 25.3 Å². The average Bonchev–Trinajstić information content (AvgIpc) is 3.02. The van der Waals surface area contributed by atoms with Crippen LogP contribution in [-0.4, -0.2) is 31.6 Å². The first-order chi connectivity index (χ1) is 11.6. The van der Waals surface area contributed by atoms with E-state index in [9.17, 15) is 9.18 Å². The topological polar surface area (TPSA) is 107 Å². The van der Waals surface area contributed by atoms with Crippen LogP contribution < -0.4 is 11.1 Å². The van der Waals surface area contributed by atoms with Gasteiger partial charge in [0.05, 0.1) is 11.4 Å². The van der Waals surface area contributed by atoms with Gasteiger partial charge in [-0.15, -0.1) is 11.3 Å². The molecule has 0 fully saturated rings. The van der Waals surface area contributed by atoms with Crippen LogP contribution in [0, 0.1) is 5.82 Å². The van der Waals surface area contributed by atoms with E-state index in [4.69, 9.17) is 5.73 Å². The second-order valence-corrected chi connectivity index (χ2v) is 6.31. The van der Waals surface area contributed by atoms with Gasteiger partial charge in [-0.25, -0.2) is 19.3 Å². The smallest absolute Gasteiger partial charge is 0.236 e. The predicted octanol–water partition coefficient (Wildman–Crippen LogP) is 2.45. The zero-order valence-electron chi connectivity index (χ0n) is 12.1. The molecule has 3 aromatic rings. The van der Waals surface area contributed by atoms with Crippen LogP contribution in [0.3, 0.4) is 0 Å². The number of aromatic nitrogens is 4. The van der Waals surface area contributed by atoms with Crippen molar-refractivity contribution in [3.05, 3.63) is 41.8 Å². The Kier molecular flexibility index (Phi) is 4.96. The van der Waals surface area contributed by atoms with Gasteiger partial charge in [0.2, 0.25) is 11.9 Å². The Morgan fingerprint density at radius 1 is 1.25 bits per heavy atom. The first-order valence-electron chi connectivity index (χ1n) is 6.69. The average molecular weight is 362 g/mol. The zero-order chi connectivity index (χ0) is 16.9. The molecule has 0 radical (unpaired) electrons. The van der Waals surface area contributed by atoms with E-state index >= 15 is 0 Å². The molecule has 1 amide bonds. The van der Waals surface area contributed by atoms with Crippen molar-refractivity contribution in [2.24, 2.45) is 0 Å². The summed E-state index contributed by atoms with van der Waals surface area (Å²) in [6.45, 7) is 0. The second kappa shape index (κ2) is 7.32. The minimum atomic E-state index is -0.307. The van der Waals surface area contributed by atoms with Crippen molar-refractivity contribution in [2.45, 2.75) is 5.16 Å². The molecule has 0 unspecified atom stereocenters. The molecule has 0 aliphatic rings. The highest BCUT2D eigenvalue weighted by molar-refractivity contribution is 7.99. The lowest BCUT2D eigenvalue weighted by Gasteiger charge is -2.01. The van der Waals surface area contributed by atoms with Gasteiger partial charge in [0.25, 0.3) is 0 Å². The highest BCUT2D eigenvalue weighted by Crippen LogP contribution is 2.25. The van der Waals surface area contributed by atoms with E-state index in [0.29, 0.717) is 16.0 Å². The molecule has 1 aromatic carbocycles. The maximum Gasteiger partial charge on any atom is 0.236 e. The Labute approximate surface area is 144 Å². The Morgan fingerprint density at radius 2 is 2.04 bits per heavy atom. The Hall–Kier alpha value is -2.59. The lowest BCUT2D eigenvalue weighted by molar-refractivity contribution is -0.113. The number of thioether (sulfide) groups is 1. The van der Waals surface area contributed by atoms with Gasteiger partial charge in [0.1, 0.15) is 12.1 Å². The number of nitrogens with one attached hydrogen (secondary N) is 1. The lowest BCUT2D eigenvalue weighted by Crippen LogP contribution is -2.14. The van der Waals surface area contributed by atoms with Crippen molar-refractivity contribution in [1.82, 2.24) is 19.9 Å². The number of hydrogen-bond acceptors (Lipinski definition) is 8. The van der Waals surface area contributed by atoms with Gasteiger partial charge >= 0.3 is 0 Å². The second-order valence-electron chi connectivity index (χ2n) is 4.51. The van der Waals surface area contributed by atoms with Crippen LogP contribution in [0.25, 0.3) is 11.3 Å². The number of nitrogens with zero attached hydrogens (tertiary/aromatic N) is 4. The van der Waals surface area contributed by atoms with Crippen molar-refractivity contribution in [3.63, 3.8) is 0 Å². The highest BCUT2D eigenvalue weighted by atomic mass is 32.2. The molecule has 0 atom stereocenters. The lowest BCUT2D eigenvalue weighted by atomic mass is 10.2. The molecule has 2 heterocycles. The molecule has 0 bridgehead atoms. The minimum Gasteiger partial charge on any atom is -0.368 e. The van der Waals surface area contributed by atoms with Gasteiger partial charge in [0, 0.05) is 10.9 Å². The normalized spacial score (nSPS) is 10.5. The van der Waals surface area contributed by atoms with Crippen LogP contribution in [-0.2, 0) is 4.79 Å². The molecule has 24 heavy (non-hydrogen) atoms. The summed E-state index contributed by atoms with van der Waals surface area (Å²) < 4.78 is 12.9. The number of halogens is 1. The van der Waals surface area contributed by atoms with Gasteiger partial charge < -0.3 is 11.1 Å². The van der Waals surface area contributed by atoms with Crippen LogP contribution >= 0.6 is 23.1 Å². The largest absolute Gasteiger partial charge is 0.368 e. The van der Waals surface area contributed by atoms with E-state index in [-0.39, 0.29) is 23.4 Å². The van der Waals surface area contributed by atoms with Gasteiger partial charge in [0.15, 0.2) is 10.3 Å². The SMILES string of the molecule is Nc1ncnc(SCC(=O)Nc2nc(-c3ccc(F)cc3)cs2)n1. The highest BCUT2D eigenvalue weighted by Gasteiger charge is 2.10. The first-order valence-corrected chi connectivity index (χ1v) is 8.55. The van der Waals surface area contributed by atoms with Crippen LogP contribution in [0.15, 0.2) is 41.1 Å². The quantitative estimate of drug-likeness (QED) is 0.671. The van der Waals surface area contributed by atoms with Crippen molar-refractivity contribution >= 4 is 40.1 Å². The summed E-state index contributed by atoms with van der Waals surface area (Å²) in [6, 6.07) is 6.00. The number of carbonyl (C=O) groups is 1. The number of benzene rings is 1. The van der Waals surface area contributed by atoms with Gasteiger partial charge in [-0.2, -0.15) is 4.98 Å². The van der Waals surface area contributed by atoms with Gasteiger partial charge in [-0.3, -0.25) is 4.79 Å². The van der Waals surface area contributed by atoms with E-state index in [1.54, 1.807) is 17.5 Å². The molecule has 0 aliphatic carbocycles. The molecule has 0 saturated heterocycles. The first kappa shape index (κ1) is 16.3. The van der Waals surface area contributed by atoms with Crippen molar-refractivity contribution in [3.8, 4) is 11.3 Å². The summed E-state index contributed by atoms with van der Waals surface area (Å²) in [4.78, 5) is 27.7. The molecule has 0 spiro atoms. The van der Waals surface area contributed by atoms with Crippen LogP contribution in [0.5, 0.6) is 0 Å². The van der Waals surface area contributed by atoms with Crippen LogP contribution in [0.4, 0.5) is 15.5 Å². The third-order valence-electron chi connectivity index (χ3n) is 2.79. The molecule has 0 aliphatic heterocycles. The van der Waals surface area contributed by atoms with E-state index in [1.807, 2.05) is 0 Å². The fraction of sp³-hybridized carbons (Fsp3) is 0.0714. The van der Waals surface area contributed by atoms with Crippen LogP contribution in [0.1, 0.15) is 0 Å². The molecule has 122 valence electrons. The van der Waals surface area contributed by atoms with E-state index < -0.39 is 0 Å². The molecule has 3 N–H and O–H groups in total. The number of thiazole rings is 1. The van der Waals surface area contributed by atoms with Gasteiger partial charge in [-0.05, 0) is 24.3 Å². The monoisotopic (exact) mass is 362 g/mol. The number of rotatable bonds is 5. The number of anilines is 2. The van der Waals surface area contributed by atoms with Crippen LogP contribution in [0.2, 0.25) is 0 Å². The van der Waals surface area contributed by atoms with Gasteiger partial charge in [-0.1, -0.05) is 11.8 Å². The summed E-state index contributed by atoms with van der Waals surface area (Å²) in [7, 11) is 0. The summed E-state index contributed by atoms with van der Waals surface area (Å²) in [5.74, 6) is -0.316. The maximum atomic E-state index is 12.9. The third-order valence-corrected chi connectivity index (χ3v) is 4.41. The fourth-order valence-electron chi connectivity index (χ4n) is 1.73. The standard InChI is InChI=1S/C14H11FN6OS2/c15-9-3-1-8(2-4-9)10-5-23-14(19-10)20-11(22)6-24-13-18-7-17-12(16)21-13/h1-5,7H,6H2,(H,19,20,22)(H2,16,17,18,21). The Bertz CT molecular complexity index is 854. The van der Waals surface area contributed by atoms with Crippen molar-refractivity contribution in [2.75, 3.05) is 16.8 Å². The third kappa shape index (κ3) is 4.24. The van der Waals surface area contributed by atoms with E-state index in [0.717, 1.165) is 17.3 Å². The molecule has 2 aromatic heterocycles. The predicted molar refractivity (Wildman–Crippen MR) is 91.1 cm³/mol. The summed E-state index contributed by atoms with van der Waals surface area (Å²) in [5.41, 5.74) is 6.90. The Balaban J connectivity index is 1.58. The van der Waals surface area contributed by atoms with Crippen molar-refractivity contribution in [1.29, 1.82) is 0 Å². The van der Waals surface area contributed by atoms with E-state index in [1.165, 1.54) is 29.8 Å². The molecule has 0 saturated carbocycles. The number of carbonyl (C=O) groups excluding carboxylic acids is 1. The molecule has 7 nitrogen and oxygen atoms in total. The molecule has 3 rings (SSSR count). The number of amides is 1. The Morgan fingerprint density at radius 3 is 2.79 bits per heavy atom. The fourth-order valence-corrected chi connectivity index (χ4v) is 3.08. The molecular weight excluding hydrogens is 351 g/mol. The molecular formula is C14H11FN6OS2. The number of hydrogen-bond donors (Lipinski definition) is 2. The number of nitrogen functional groups attached to an aromatic ring is 1. The summed E-state index contributed by atoms with van der Waals surface area (Å²) in [5, 5.41) is 5.34. The number of nitrogens with two attached hydrogens (primary N) is 1. The van der Waals surface area contributed by atoms with Crippen molar-refractivity contribution < 1.29 is 9.18 Å². The maximum absolute atomic E-state index is 12.9.